The molecule has 0 saturated heterocycles. The number of tetrazole rings is 1. The van der Waals surface area contributed by atoms with Crippen molar-refractivity contribution in [2.45, 2.75) is 12.8 Å². The number of carbonyl (C=O) groups is 1. The molecule has 104 valence electrons. The molecule has 1 aliphatic rings. The summed E-state index contributed by atoms with van der Waals surface area (Å²) in [5.74, 6) is -1.24. The van der Waals surface area contributed by atoms with E-state index in [-0.39, 0.29) is 17.3 Å². The van der Waals surface area contributed by atoms with Crippen LogP contribution in [0.4, 0.5) is 4.39 Å². The maximum Gasteiger partial charge on any atom is 0.365 e. The van der Waals surface area contributed by atoms with E-state index in [1.807, 2.05) is 0 Å². The number of carbonyl (C=O) groups excluding carboxylic acids is 1. The fraction of sp³-hybridized carbons (Fsp3) is 0.273. The van der Waals surface area contributed by atoms with Crippen LogP contribution in [0.1, 0.15) is 18.4 Å². The molecule has 1 N–H and O–H groups in total. The highest BCUT2D eigenvalue weighted by atomic mass is 19.1. The molecule has 1 aromatic carbocycles. The van der Waals surface area contributed by atoms with Crippen molar-refractivity contribution in [3.63, 3.8) is 0 Å². The van der Waals surface area contributed by atoms with Crippen molar-refractivity contribution in [2.24, 2.45) is 0 Å². The lowest BCUT2D eigenvalue weighted by molar-refractivity contribution is -0.157. The molecule has 2 aromatic rings. The molecule has 20 heavy (non-hydrogen) atoms. The normalized spacial score (nSPS) is 17.9. The molecule has 1 atom stereocenters. The molecule has 0 fully saturated rings. The van der Waals surface area contributed by atoms with E-state index in [1.165, 1.54) is 13.1 Å². The summed E-state index contributed by atoms with van der Waals surface area (Å²) in [4.78, 5) is 28.5. The number of rotatable bonds is 1. The molecule has 0 saturated carbocycles. The van der Waals surface area contributed by atoms with Crippen LogP contribution in [-0.4, -0.2) is 38.2 Å². The average Bonchev–Trinajstić information content (AvgIpc) is 2.82. The van der Waals surface area contributed by atoms with E-state index in [2.05, 4.69) is 15.5 Å². The number of H-pyrrole nitrogens is 1. The van der Waals surface area contributed by atoms with Crippen LogP contribution in [0.3, 0.4) is 0 Å². The third-order valence-electron chi connectivity index (χ3n) is 3.16. The second-order valence-corrected chi connectivity index (χ2v) is 4.41. The standard InChI is InChI=1S/C11H10FN5O3/c1-5-6-3-8(17-11(19)13-14-15-17)7(12)4-9(6)20-16(2)10(5)18/h3-5H,1-2H3,(H,13,15,19). The first-order valence-electron chi connectivity index (χ1n) is 5.78. The van der Waals surface area contributed by atoms with E-state index in [4.69, 9.17) is 4.84 Å². The van der Waals surface area contributed by atoms with Crippen molar-refractivity contribution in [1.82, 2.24) is 25.3 Å². The molecule has 1 aromatic heterocycles. The van der Waals surface area contributed by atoms with Crippen LogP contribution in [0, 0.1) is 5.82 Å². The Hall–Kier alpha value is -2.71. The van der Waals surface area contributed by atoms with Crippen LogP contribution in [-0.2, 0) is 4.79 Å². The molecular weight excluding hydrogens is 269 g/mol. The fourth-order valence-electron chi connectivity index (χ4n) is 2.09. The molecule has 2 heterocycles. The molecule has 9 heteroatoms. The van der Waals surface area contributed by atoms with Crippen molar-refractivity contribution in [3.05, 3.63) is 34.0 Å². The molecule has 8 nitrogen and oxygen atoms in total. The number of benzene rings is 1. The Labute approximate surface area is 111 Å². The van der Waals surface area contributed by atoms with Crippen LogP contribution in [0.5, 0.6) is 5.75 Å². The lowest BCUT2D eigenvalue weighted by Crippen LogP contribution is -2.38. The van der Waals surface area contributed by atoms with E-state index in [0.717, 1.165) is 15.8 Å². The number of hydrogen-bond donors (Lipinski definition) is 1. The zero-order valence-electron chi connectivity index (χ0n) is 10.6. The van der Waals surface area contributed by atoms with Crippen molar-refractivity contribution in [3.8, 4) is 11.4 Å². The van der Waals surface area contributed by atoms with Crippen molar-refractivity contribution in [1.29, 1.82) is 0 Å². The molecule has 0 spiro atoms. The van der Waals surface area contributed by atoms with Crippen LogP contribution in [0.15, 0.2) is 16.9 Å². The van der Waals surface area contributed by atoms with Crippen LogP contribution in [0.25, 0.3) is 5.69 Å². The highest BCUT2D eigenvalue weighted by Gasteiger charge is 2.31. The second-order valence-electron chi connectivity index (χ2n) is 4.41. The Morgan fingerprint density at radius 2 is 2.15 bits per heavy atom. The Bertz CT molecular complexity index is 753. The van der Waals surface area contributed by atoms with Gasteiger partial charge in [0, 0.05) is 18.7 Å². The van der Waals surface area contributed by atoms with E-state index in [9.17, 15) is 14.0 Å². The van der Waals surface area contributed by atoms with Gasteiger partial charge in [0.1, 0.15) is 5.69 Å². The van der Waals surface area contributed by atoms with Gasteiger partial charge in [0.05, 0.1) is 5.92 Å². The van der Waals surface area contributed by atoms with Gasteiger partial charge in [-0.3, -0.25) is 4.79 Å². The van der Waals surface area contributed by atoms with Crippen molar-refractivity contribution in [2.75, 3.05) is 7.05 Å². The quantitative estimate of drug-likeness (QED) is 0.791. The number of nitrogens with one attached hydrogen (secondary N) is 1. The first-order chi connectivity index (χ1) is 9.49. The van der Waals surface area contributed by atoms with Gasteiger partial charge in [-0.1, -0.05) is 0 Å². The van der Waals surface area contributed by atoms with Gasteiger partial charge in [-0.2, -0.15) is 9.75 Å². The topological polar surface area (TPSA) is 93.1 Å². The first-order valence-corrected chi connectivity index (χ1v) is 5.78. The van der Waals surface area contributed by atoms with E-state index < -0.39 is 17.4 Å². The summed E-state index contributed by atoms with van der Waals surface area (Å²) < 4.78 is 14.8. The molecule has 0 aliphatic carbocycles. The number of amides is 1. The van der Waals surface area contributed by atoms with Gasteiger partial charge in [-0.05, 0) is 23.4 Å². The van der Waals surface area contributed by atoms with Crippen LogP contribution < -0.4 is 10.5 Å². The summed E-state index contributed by atoms with van der Waals surface area (Å²) in [5.41, 5.74) is -0.272. The van der Waals surface area contributed by atoms with Crippen molar-refractivity contribution >= 4 is 5.91 Å². The molecule has 1 unspecified atom stereocenters. The van der Waals surface area contributed by atoms with Gasteiger partial charge in [-0.25, -0.2) is 14.3 Å². The Morgan fingerprint density at radius 1 is 1.40 bits per heavy atom. The Morgan fingerprint density at radius 3 is 2.80 bits per heavy atom. The monoisotopic (exact) mass is 279 g/mol. The zero-order valence-corrected chi connectivity index (χ0v) is 10.6. The number of halogens is 1. The number of hydrogen-bond acceptors (Lipinski definition) is 5. The largest absolute Gasteiger partial charge is 0.377 e. The van der Waals surface area contributed by atoms with E-state index in [1.54, 1.807) is 6.92 Å². The molecular formula is C11H10FN5O3. The zero-order chi connectivity index (χ0) is 14.4. The molecule has 0 bridgehead atoms. The maximum absolute atomic E-state index is 14.0. The number of likely N-dealkylation sites (N-methyl/N-ethyl adjacent to an activating group) is 1. The highest BCUT2D eigenvalue weighted by Crippen LogP contribution is 2.35. The minimum Gasteiger partial charge on any atom is -0.377 e. The molecule has 3 rings (SSSR count). The summed E-state index contributed by atoms with van der Waals surface area (Å²) in [5, 5.41) is 9.90. The van der Waals surface area contributed by atoms with Crippen molar-refractivity contribution < 1.29 is 14.0 Å². The summed E-state index contributed by atoms with van der Waals surface area (Å²) in [6.45, 7) is 1.67. The van der Waals surface area contributed by atoms with Gasteiger partial charge in [0.25, 0.3) is 5.91 Å². The summed E-state index contributed by atoms with van der Waals surface area (Å²) in [7, 11) is 1.45. The lowest BCUT2D eigenvalue weighted by Gasteiger charge is -2.29. The first kappa shape index (κ1) is 12.3. The Balaban J connectivity index is 2.20. The summed E-state index contributed by atoms with van der Waals surface area (Å²) >= 11 is 0. The molecule has 0 radical (unpaired) electrons. The number of hydroxylamine groups is 2. The van der Waals surface area contributed by atoms with Gasteiger partial charge in [0.2, 0.25) is 0 Å². The SMILES string of the molecule is CC1C(=O)N(C)Oc2cc(F)c(-n3nn[nH]c3=O)cc21. The maximum atomic E-state index is 14.0. The van der Waals surface area contributed by atoms with Gasteiger partial charge < -0.3 is 4.84 Å². The predicted molar refractivity (Wildman–Crippen MR) is 63.8 cm³/mol. The third-order valence-corrected chi connectivity index (χ3v) is 3.16. The lowest BCUT2D eigenvalue weighted by atomic mass is 9.97. The van der Waals surface area contributed by atoms with Crippen LogP contribution in [0.2, 0.25) is 0 Å². The minimum absolute atomic E-state index is 0.0877. The highest BCUT2D eigenvalue weighted by molar-refractivity contribution is 5.85. The number of nitrogens with zero attached hydrogens (tertiary/aromatic N) is 4. The van der Waals surface area contributed by atoms with Gasteiger partial charge >= 0.3 is 5.69 Å². The average molecular weight is 279 g/mol. The summed E-state index contributed by atoms with van der Waals surface area (Å²) in [6.07, 6.45) is 0. The molecule has 1 amide bonds. The predicted octanol–water partition coefficient (Wildman–Crippen LogP) is -0.0360. The van der Waals surface area contributed by atoms with E-state index in [0.29, 0.717) is 5.56 Å². The minimum atomic E-state index is -0.699. The number of aromatic amines is 1. The number of fused-ring (bicyclic) bond motifs is 1. The van der Waals surface area contributed by atoms with Gasteiger partial charge in [0.15, 0.2) is 11.6 Å². The Kier molecular flexibility index (Phi) is 2.56. The molecule has 1 aliphatic heterocycles. The van der Waals surface area contributed by atoms with Gasteiger partial charge in [-0.15, -0.1) is 0 Å². The fourth-order valence-corrected chi connectivity index (χ4v) is 2.09. The third kappa shape index (κ3) is 1.67. The van der Waals surface area contributed by atoms with Crippen LogP contribution >= 0.6 is 0 Å². The second kappa shape index (κ2) is 4.15. The summed E-state index contributed by atoms with van der Waals surface area (Å²) in [6, 6.07) is 2.48. The van der Waals surface area contributed by atoms with E-state index >= 15 is 0 Å². The smallest absolute Gasteiger partial charge is 0.365 e. The number of aromatic nitrogens is 4.